The lowest BCUT2D eigenvalue weighted by Crippen LogP contribution is -2.26. The van der Waals surface area contributed by atoms with Gasteiger partial charge >= 0.3 is 0 Å². The summed E-state index contributed by atoms with van der Waals surface area (Å²) in [5, 5.41) is 3.37. The summed E-state index contributed by atoms with van der Waals surface area (Å²) in [6.45, 7) is 3.17. The van der Waals surface area contributed by atoms with Crippen molar-refractivity contribution < 1.29 is 13.9 Å². The van der Waals surface area contributed by atoms with Crippen molar-refractivity contribution in [3.8, 4) is 11.5 Å². The van der Waals surface area contributed by atoms with Crippen molar-refractivity contribution in [2.24, 2.45) is 0 Å². The number of hydrogen-bond donors (Lipinski definition) is 1. The van der Waals surface area contributed by atoms with E-state index in [1.54, 1.807) is 23.9 Å². The van der Waals surface area contributed by atoms with Crippen molar-refractivity contribution in [1.29, 1.82) is 0 Å². The lowest BCUT2D eigenvalue weighted by atomic mass is 9.90. The Kier molecular flexibility index (Phi) is 4.63. The molecule has 3 nitrogen and oxygen atoms in total. The number of rotatable bonds is 3. The molecule has 0 saturated carbocycles. The van der Waals surface area contributed by atoms with E-state index in [1.165, 1.54) is 0 Å². The third-order valence-electron chi connectivity index (χ3n) is 4.49. The largest absolute Gasteiger partial charge is 0.486 e. The minimum absolute atomic E-state index is 0.157. The Morgan fingerprint density at radius 3 is 2.58 bits per heavy atom. The van der Waals surface area contributed by atoms with Crippen molar-refractivity contribution in [3.63, 3.8) is 0 Å². The van der Waals surface area contributed by atoms with Gasteiger partial charge in [-0.3, -0.25) is 0 Å². The topological polar surface area (TPSA) is 30.5 Å². The zero-order valence-electron chi connectivity index (χ0n) is 13.4. The van der Waals surface area contributed by atoms with Crippen LogP contribution >= 0.6 is 11.8 Å². The van der Waals surface area contributed by atoms with Gasteiger partial charge in [0.2, 0.25) is 0 Å². The highest BCUT2D eigenvalue weighted by atomic mass is 32.2. The van der Waals surface area contributed by atoms with E-state index >= 15 is 0 Å². The summed E-state index contributed by atoms with van der Waals surface area (Å²) in [5.41, 5.74) is 1.12. The number of fused-ring (bicyclic) bond motifs is 1. The lowest BCUT2D eigenvalue weighted by molar-refractivity contribution is 0.171. The van der Waals surface area contributed by atoms with Crippen LogP contribution in [-0.4, -0.2) is 26.3 Å². The number of nitrogens with one attached hydrogen (secondary N) is 1. The van der Waals surface area contributed by atoms with E-state index in [0.717, 1.165) is 52.8 Å². The Hall–Kier alpha value is -1.72. The molecular weight excluding hydrogens is 325 g/mol. The van der Waals surface area contributed by atoms with Gasteiger partial charge < -0.3 is 14.8 Å². The maximum atomic E-state index is 13.8. The first kappa shape index (κ1) is 15.8. The van der Waals surface area contributed by atoms with Crippen LogP contribution in [0.4, 0.5) is 4.39 Å². The second-order valence-corrected chi connectivity index (χ2v) is 7.23. The Morgan fingerprint density at radius 1 is 0.958 bits per heavy atom. The molecule has 0 amide bonds. The maximum Gasteiger partial charge on any atom is 0.162 e. The minimum Gasteiger partial charge on any atom is -0.486 e. The molecule has 126 valence electrons. The van der Waals surface area contributed by atoms with Crippen LogP contribution in [0.3, 0.4) is 0 Å². The van der Waals surface area contributed by atoms with Gasteiger partial charge in [0, 0.05) is 9.79 Å². The molecule has 1 N–H and O–H groups in total. The monoisotopic (exact) mass is 345 g/mol. The quantitative estimate of drug-likeness (QED) is 0.902. The molecule has 1 fully saturated rings. The van der Waals surface area contributed by atoms with Gasteiger partial charge in [0.25, 0.3) is 0 Å². The molecule has 0 aromatic heterocycles. The third-order valence-corrected chi connectivity index (χ3v) is 5.57. The van der Waals surface area contributed by atoms with Crippen LogP contribution in [0.25, 0.3) is 0 Å². The van der Waals surface area contributed by atoms with Crippen LogP contribution in [-0.2, 0) is 0 Å². The zero-order valence-corrected chi connectivity index (χ0v) is 14.2. The molecule has 24 heavy (non-hydrogen) atoms. The van der Waals surface area contributed by atoms with Crippen molar-refractivity contribution in [2.75, 3.05) is 26.3 Å². The van der Waals surface area contributed by atoms with E-state index in [9.17, 15) is 4.39 Å². The Balaban J connectivity index is 1.62. The number of ether oxygens (including phenoxy) is 2. The average Bonchev–Trinajstić information content (AvgIpc) is 2.64. The van der Waals surface area contributed by atoms with Gasteiger partial charge in [0.05, 0.1) is 0 Å². The zero-order chi connectivity index (χ0) is 16.4. The summed E-state index contributed by atoms with van der Waals surface area (Å²) in [4.78, 5) is 2.21. The molecule has 2 aromatic carbocycles. The van der Waals surface area contributed by atoms with Crippen LogP contribution in [0.5, 0.6) is 11.5 Å². The van der Waals surface area contributed by atoms with Gasteiger partial charge in [0.1, 0.15) is 19.0 Å². The molecule has 2 heterocycles. The predicted molar refractivity (Wildman–Crippen MR) is 92.8 cm³/mol. The smallest absolute Gasteiger partial charge is 0.162 e. The van der Waals surface area contributed by atoms with Crippen molar-refractivity contribution >= 4 is 11.8 Å². The van der Waals surface area contributed by atoms with E-state index in [2.05, 4.69) is 5.32 Å². The number of benzene rings is 2. The SMILES string of the molecule is Fc1ccc(Sc2ccc3c(c2)OCCO3)c(C2CCNCC2)c1. The summed E-state index contributed by atoms with van der Waals surface area (Å²) in [7, 11) is 0. The standard InChI is InChI=1S/C19H20FNO2S/c20-14-1-4-19(16(11-14)13-5-7-21-8-6-13)24-15-2-3-17-18(12-15)23-10-9-22-17/h1-4,11-13,21H,5-10H2. The van der Waals surface area contributed by atoms with Gasteiger partial charge in [0.15, 0.2) is 11.5 Å². The summed E-state index contributed by atoms with van der Waals surface area (Å²) in [5.74, 6) is 1.84. The summed E-state index contributed by atoms with van der Waals surface area (Å²) in [6, 6.07) is 11.1. The highest BCUT2D eigenvalue weighted by Gasteiger charge is 2.20. The Morgan fingerprint density at radius 2 is 1.75 bits per heavy atom. The highest BCUT2D eigenvalue weighted by molar-refractivity contribution is 7.99. The molecule has 5 heteroatoms. The van der Waals surface area contributed by atoms with Gasteiger partial charge in [-0.2, -0.15) is 0 Å². The molecule has 0 atom stereocenters. The fourth-order valence-corrected chi connectivity index (χ4v) is 4.31. The normalized spacial score (nSPS) is 17.7. The van der Waals surface area contributed by atoms with Crippen molar-refractivity contribution in [2.45, 2.75) is 28.6 Å². The maximum absolute atomic E-state index is 13.8. The lowest BCUT2D eigenvalue weighted by Gasteiger charge is -2.25. The van der Waals surface area contributed by atoms with E-state index in [-0.39, 0.29) is 5.82 Å². The average molecular weight is 345 g/mol. The van der Waals surface area contributed by atoms with Gasteiger partial charge in [-0.25, -0.2) is 4.39 Å². The Bertz CT molecular complexity index is 731. The van der Waals surface area contributed by atoms with Crippen LogP contribution in [0.1, 0.15) is 24.3 Å². The molecule has 0 aliphatic carbocycles. The van der Waals surface area contributed by atoms with Crippen LogP contribution in [0, 0.1) is 5.82 Å². The number of piperidine rings is 1. The molecule has 4 rings (SSSR count). The van der Waals surface area contributed by atoms with Crippen LogP contribution < -0.4 is 14.8 Å². The van der Waals surface area contributed by atoms with Gasteiger partial charge in [-0.1, -0.05) is 11.8 Å². The predicted octanol–water partition coefficient (Wildman–Crippen LogP) is 4.22. The highest BCUT2D eigenvalue weighted by Crippen LogP contribution is 2.40. The molecule has 2 aliphatic rings. The van der Waals surface area contributed by atoms with E-state index < -0.39 is 0 Å². The van der Waals surface area contributed by atoms with Crippen molar-refractivity contribution in [1.82, 2.24) is 5.32 Å². The summed E-state index contributed by atoms with van der Waals surface area (Å²) in [6.07, 6.45) is 2.11. The molecule has 0 radical (unpaired) electrons. The number of hydrogen-bond acceptors (Lipinski definition) is 4. The summed E-state index contributed by atoms with van der Waals surface area (Å²) < 4.78 is 25.0. The summed E-state index contributed by atoms with van der Waals surface area (Å²) >= 11 is 1.67. The molecule has 0 spiro atoms. The fraction of sp³-hybridized carbons (Fsp3) is 0.368. The van der Waals surface area contributed by atoms with Crippen LogP contribution in [0.2, 0.25) is 0 Å². The van der Waals surface area contributed by atoms with E-state index in [0.29, 0.717) is 19.1 Å². The van der Waals surface area contributed by atoms with Crippen LogP contribution in [0.15, 0.2) is 46.2 Å². The fourth-order valence-electron chi connectivity index (χ4n) is 3.28. The van der Waals surface area contributed by atoms with Crippen molar-refractivity contribution in [3.05, 3.63) is 47.8 Å². The second-order valence-electron chi connectivity index (χ2n) is 6.11. The molecule has 0 bridgehead atoms. The van der Waals surface area contributed by atoms with E-state index in [4.69, 9.17) is 9.47 Å². The first-order valence-electron chi connectivity index (χ1n) is 8.37. The first-order valence-corrected chi connectivity index (χ1v) is 9.19. The minimum atomic E-state index is -0.157. The first-order chi connectivity index (χ1) is 11.8. The Labute approximate surface area is 145 Å². The molecule has 2 aromatic rings. The molecule has 1 saturated heterocycles. The van der Waals surface area contributed by atoms with Gasteiger partial charge in [-0.15, -0.1) is 0 Å². The molecule has 0 unspecified atom stereocenters. The molecule has 2 aliphatic heterocycles. The van der Waals surface area contributed by atoms with Gasteiger partial charge in [-0.05, 0) is 73.8 Å². The third kappa shape index (κ3) is 3.37. The molecular formula is C19H20FNO2S. The number of halogens is 1. The second kappa shape index (κ2) is 7.03. The van der Waals surface area contributed by atoms with E-state index in [1.807, 2.05) is 24.3 Å².